The highest BCUT2D eigenvalue weighted by Gasteiger charge is 2.49. The number of rotatable bonds is 6. The lowest BCUT2D eigenvalue weighted by molar-refractivity contribution is -0.0499. The van der Waals surface area contributed by atoms with E-state index in [1.54, 1.807) is 18.2 Å². The summed E-state index contributed by atoms with van der Waals surface area (Å²) in [5.74, 6) is 1.02. The molecule has 6 heteroatoms. The normalized spacial score (nSPS) is 28.8. The summed E-state index contributed by atoms with van der Waals surface area (Å²) in [6.07, 6.45) is 5.16. The van der Waals surface area contributed by atoms with Gasteiger partial charge in [0.15, 0.2) is 0 Å². The Morgan fingerprint density at radius 3 is 2.70 bits per heavy atom. The van der Waals surface area contributed by atoms with Gasteiger partial charge >= 0.3 is 6.61 Å². The first kappa shape index (κ1) is 19.8. The van der Waals surface area contributed by atoms with Crippen LogP contribution < -0.4 is 14.8 Å². The predicted octanol–water partition coefficient (Wildman–Crippen LogP) is 5.20. The number of hydrogen-bond donors (Lipinski definition) is 1. The second kappa shape index (κ2) is 8.16. The first-order valence-corrected chi connectivity index (χ1v) is 10.8. The van der Waals surface area contributed by atoms with Crippen LogP contribution in [-0.2, 0) is 4.74 Å². The molecule has 2 aromatic carbocycles. The van der Waals surface area contributed by atoms with Gasteiger partial charge in [0.05, 0.1) is 24.4 Å². The third kappa shape index (κ3) is 4.03. The molecular weight excluding hydrogens is 388 g/mol. The highest BCUT2D eigenvalue weighted by molar-refractivity contribution is 5.44. The minimum atomic E-state index is -2.84. The maximum absolute atomic E-state index is 12.8. The fourth-order valence-corrected chi connectivity index (χ4v) is 4.90. The maximum Gasteiger partial charge on any atom is 0.387 e. The molecule has 2 aliphatic heterocycles. The Morgan fingerprint density at radius 1 is 1.10 bits per heavy atom. The largest absolute Gasteiger partial charge is 0.490 e. The van der Waals surface area contributed by atoms with Crippen molar-refractivity contribution in [2.75, 3.05) is 13.2 Å². The molecular formula is C24H27F2NO3. The van der Waals surface area contributed by atoms with Gasteiger partial charge in [0.2, 0.25) is 0 Å². The van der Waals surface area contributed by atoms with Gasteiger partial charge < -0.3 is 19.5 Å². The molecule has 0 radical (unpaired) electrons. The maximum atomic E-state index is 12.8. The third-order valence-corrected chi connectivity index (χ3v) is 6.41. The monoisotopic (exact) mass is 415 g/mol. The second-order valence-electron chi connectivity index (χ2n) is 8.57. The molecule has 3 fully saturated rings. The zero-order valence-corrected chi connectivity index (χ0v) is 16.9. The van der Waals surface area contributed by atoms with Crippen molar-refractivity contribution in [1.82, 2.24) is 5.32 Å². The van der Waals surface area contributed by atoms with Gasteiger partial charge in [0, 0.05) is 11.5 Å². The van der Waals surface area contributed by atoms with E-state index in [-0.39, 0.29) is 29.4 Å². The lowest BCUT2D eigenvalue weighted by Crippen LogP contribution is -2.48. The molecule has 1 N–H and O–H groups in total. The van der Waals surface area contributed by atoms with Crippen molar-refractivity contribution in [2.24, 2.45) is 0 Å². The van der Waals surface area contributed by atoms with Gasteiger partial charge in [-0.15, -0.1) is 0 Å². The number of nitrogens with one attached hydrogen (secondary N) is 1. The average molecular weight is 415 g/mol. The van der Waals surface area contributed by atoms with Crippen LogP contribution in [0.3, 0.4) is 0 Å². The zero-order valence-electron chi connectivity index (χ0n) is 16.9. The second-order valence-corrected chi connectivity index (χ2v) is 8.57. The third-order valence-electron chi connectivity index (χ3n) is 6.41. The number of halogens is 2. The van der Waals surface area contributed by atoms with Crippen LogP contribution in [0.4, 0.5) is 8.78 Å². The van der Waals surface area contributed by atoms with Gasteiger partial charge in [-0.05, 0) is 62.4 Å². The van der Waals surface area contributed by atoms with E-state index >= 15 is 0 Å². The molecule has 2 saturated heterocycles. The molecule has 30 heavy (non-hydrogen) atoms. The summed E-state index contributed by atoms with van der Waals surface area (Å²) in [6, 6.07) is 15.6. The number of ether oxygens (including phenoxy) is 3. The Balaban J connectivity index is 1.43. The smallest absolute Gasteiger partial charge is 0.387 e. The number of hydrogen-bond acceptors (Lipinski definition) is 4. The van der Waals surface area contributed by atoms with E-state index in [2.05, 4.69) is 34.3 Å². The molecule has 5 rings (SSSR count). The van der Waals surface area contributed by atoms with Crippen molar-refractivity contribution in [1.29, 1.82) is 0 Å². The van der Waals surface area contributed by atoms with E-state index in [0.29, 0.717) is 6.61 Å². The van der Waals surface area contributed by atoms with Gasteiger partial charge in [-0.1, -0.05) is 30.3 Å². The molecule has 3 aliphatic rings. The molecule has 0 aromatic heterocycles. The first-order valence-electron chi connectivity index (χ1n) is 10.8. The summed E-state index contributed by atoms with van der Waals surface area (Å²) < 4.78 is 42.9. The Morgan fingerprint density at radius 2 is 1.93 bits per heavy atom. The standard InChI is InChI=1S/C24H27F2NO3/c25-23(26)30-19-9-10-21(29-18-7-8-18)20(13-19)17-14-24(28-15-17)11-4-12-27-22(24)16-5-2-1-3-6-16/h1-3,5-6,9-10,13,17-18,22-23,27H,4,7-8,11-12,14-15H2/t17-,22-,24+/m0/s1. The van der Waals surface area contributed by atoms with Gasteiger partial charge in [-0.25, -0.2) is 0 Å². The summed E-state index contributed by atoms with van der Waals surface area (Å²) in [7, 11) is 0. The molecule has 4 nitrogen and oxygen atoms in total. The van der Waals surface area contributed by atoms with Crippen LogP contribution in [0.25, 0.3) is 0 Å². The van der Waals surface area contributed by atoms with Crippen molar-refractivity contribution in [3.8, 4) is 11.5 Å². The molecule has 0 bridgehead atoms. The minimum absolute atomic E-state index is 0.0751. The summed E-state index contributed by atoms with van der Waals surface area (Å²) in [6.45, 7) is -1.34. The van der Waals surface area contributed by atoms with E-state index in [1.807, 2.05) is 6.07 Å². The van der Waals surface area contributed by atoms with Gasteiger partial charge in [0.25, 0.3) is 0 Å². The number of piperidine rings is 1. The summed E-state index contributed by atoms with van der Waals surface area (Å²) in [4.78, 5) is 0. The molecule has 3 atom stereocenters. The molecule has 2 aromatic rings. The summed E-state index contributed by atoms with van der Waals surface area (Å²) in [5, 5.41) is 3.65. The lowest BCUT2D eigenvalue weighted by Gasteiger charge is -2.41. The molecule has 2 heterocycles. The van der Waals surface area contributed by atoms with Crippen LogP contribution in [0.2, 0.25) is 0 Å². The summed E-state index contributed by atoms with van der Waals surface area (Å²) >= 11 is 0. The zero-order chi connectivity index (χ0) is 20.6. The van der Waals surface area contributed by atoms with Crippen molar-refractivity contribution in [2.45, 2.75) is 62.4 Å². The quantitative estimate of drug-likeness (QED) is 0.704. The fraction of sp³-hybridized carbons (Fsp3) is 0.500. The molecule has 160 valence electrons. The molecule has 1 saturated carbocycles. The van der Waals surface area contributed by atoms with E-state index in [9.17, 15) is 8.78 Å². The Kier molecular flexibility index (Phi) is 5.37. The van der Waals surface area contributed by atoms with Crippen molar-refractivity contribution >= 4 is 0 Å². The van der Waals surface area contributed by atoms with Gasteiger partial charge in [0.1, 0.15) is 11.5 Å². The highest BCUT2D eigenvalue weighted by Crippen LogP contribution is 2.50. The van der Waals surface area contributed by atoms with Crippen LogP contribution in [0.5, 0.6) is 11.5 Å². The van der Waals surface area contributed by atoms with E-state index in [0.717, 1.165) is 50.0 Å². The lowest BCUT2D eigenvalue weighted by atomic mass is 9.77. The fourth-order valence-electron chi connectivity index (χ4n) is 4.90. The topological polar surface area (TPSA) is 39.7 Å². The van der Waals surface area contributed by atoms with Gasteiger partial charge in [-0.3, -0.25) is 0 Å². The van der Waals surface area contributed by atoms with E-state index in [4.69, 9.17) is 9.47 Å². The van der Waals surface area contributed by atoms with Gasteiger partial charge in [-0.2, -0.15) is 8.78 Å². The van der Waals surface area contributed by atoms with Crippen molar-refractivity contribution < 1.29 is 23.0 Å². The summed E-state index contributed by atoms with van der Waals surface area (Å²) in [5.41, 5.74) is 1.83. The molecule has 1 aliphatic carbocycles. The van der Waals surface area contributed by atoms with Crippen molar-refractivity contribution in [3.05, 3.63) is 59.7 Å². The number of benzene rings is 2. The predicted molar refractivity (Wildman–Crippen MR) is 109 cm³/mol. The SMILES string of the molecule is FC(F)Oc1ccc(OC2CC2)c([C@@H]2CO[C@]3(CCCN[C@H]3c3ccccc3)C2)c1. The van der Waals surface area contributed by atoms with Crippen LogP contribution in [-0.4, -0.2) is 31.5 Å². The molecule has 0 unspecified atom stereocenters. The van der Waals surface area contributed by atoms with Crippen LogP contribution in [0, 0.1) is 0 Å². The first-order chi connectivity index (χ1) is 14.6. The van der Waals surface area contributed by atoms with Crippen LogP contribution in [0.15, 0.2) is 48.5 Å². The van der Waals surface area contributed by atoms with E-state index in [1.165, 1.54) is 5.56 Å². The Labute approximate surface area is 175 Å². The minimum Gasteiger partial charge on any atom is -0.490 e. The van der Waals surface area contributed by atoms with Crippen LogP contribution >= 0.6 is 0 Å². The molecule has 0 amide bonds. The van der Waals surface area contributed by atoms with Crippen molar-refractivity contribution in [3.63, 3.8) is 0 Å². The highest BCUT2D eigenvalue weighted by atomic mass is 19.3. The Bertz CT molecular complexity index is 874. The molecule has 1 spiro atoms. The van der Waals surface area contributed by atoms with Crippen LogP contribution in [0.1, 0.15) is 55.2 Å². The van der Waals surface area contributed by atoms with E-state index < -0.39 is 6.61 Å². The average Bonchev–Trinajstić information content (AvgIpc) is 3.48. The Hall–Kier alpha value is -2.18. The number of alkyl halides is 2.